The van der Waals surface area contributed by atoms with Crippen LogP contribution < -0.4 is 8.92 Å². The molecule has 0 heterocycles. The number of carbonyl (C=O) groups is 1. The van der Waals surface area contributed by atoms with E-state index in [0.717, 1.165) is 0 Å². The maximum Gasteiger partial charge on any atom is 0.339 e. The molecular formula is C16H15BrO5S. The third-order valence-corrected chi connectivity index (χ3v) is 4.97. The standard InChI is InChI=1S/C16H15BrO5S/c1-3-14(18)12-6-4-5-7-15(12)22-23(19,20)11-8-9-16(21-2)13(17)10-11/h4-10H,3H2,1-2H3. The molecule has 0 aliphatic heterocycles. The highest BCUT2D eigenvalue weighted by molar-refractivity contribution is 9.10. The Balaban J connectivity index is 2.39. The molecule has 23 heavy (non-hydrogen) atoms. The van der Waals surface area contributed by atoms with Crippen molar-refractivity contribution in [1.82, 2.24) is 0 Å². The molecule has 0 saturated carbocycles. The highest BCUT2D eigenvalue weighted by Gasteiger charge is 2.21. The number of rotatable bonds is 6. The lowest BCUT2D eigenvalue weighted by atomic mass is 10.1. The van der Waals surface area contributed by atoms with Gasteiger partial charge in [-0.15, -0.1) is 0 Å². The Kier molecular flexibility index (Phi) is 5.43. The summed E-state index contributed by atoms with van der Waals surface area (Å²) in [6, 6.07) is 10.6. The van der Waals surface area contributed by atoms with Crippen LogP contribution in [0.4, 0.5) is 0 Å². The van der Waals surface area contributed by atoms with Crippen LogP contribution in [-0.2, 0) is 10.1 Å². The van der Waals surface area contributed by atoms with E-state index < -0.39 is 10.1 Å². The summed E-state index contributed by atoms with van der Waals surface area (Å²) in [4.78, 5) is 11.9. The van der Waals surface area contributed by atoms with Crippen molar-refractivity contribution in [2.75, 3.05) is 7.11 Å². The number of ether oxygens (including phenoxy) is 1. The zero-order valence-corrected chi connectivity index (χ0v) is 15.0. The third kappa shape index (κ3) is 3.92. The van der Waals surface area contributed by atoms with Gasteiger partial charge >= 0.3 is 10.1 Å². The van der Waals surface area contributed by atoms with Gasteiger partial charge in [-0.25, -0.2) is 0 Å². The number of ketones is 1. The van der Waals surface area contributed by atoms with Crippen molar-refractivity contribution in [2.45, 2.75) is 18.2 Å². The van der Waals surface area contributed by atoms with Crippen molar-refractivity contribution >= 4 is 31.8 Å². The van der Waals surface area contributed by atoms with Crippen LogP contribution in [0.2, 0.25) is 0 Å². The normalized spacial score (nSPS) is 11.1. The highest BCUT2D eigenvalue weighted by atomic mass is 79.9. The number of benzene rings is 2. The molecule has 2 aromatic carbocycles. The predicted molar refractivity (Wildman–Crippen MR) is 89.6 cm³/mol. The second-order valence-corrected chi connectivity index (χ2v) is 7.01. The number of hydrogen-bond acceptors (Lipinski definition) is 5. The number of methoxy groups -OCH3 is 1. The topological polar surface area (TPSA) is 69.7 Å². The highest BCUT2D eigenvalue weighted by Crippen LogP contribution is 2.29. The van der Waals surface area contributed by atoms with E-state index in [2.05, 4.69) is 15.9 Å². The Hall–Kier alpha value is -1.86. The van der Waals surface area contributed by atoms with E-state index in [4.69, 9.17) is 8.92 Å². The maximum atomic E-state index is 12.4. The first-order chi connectivity index (χ1) is 10.9. The van der Waals surface area contributed by atoms with Crippen LogP contribution in [-0.4, -0.2) is 21.3 Å². The van der Waals surface area contributed by atoms with E-state index in [0.29, 0.717) is 10.2 Å². The van der Waals surface area contributed by atoms with Gasteiger partial charge < -0.3 is 8.92 Å². The van der Waals surface area contributed by atoms with Gasteiger partial charge in [0.25, 0.3) is 0 Å². The Labute approximate surface area is 143 Å². The minimum absolute atomic E-state index is 0.0197. The summed E-state index contributed by atoms with van der Waals surface area (Å²) in [5.41, 5.74) is 0.242. The molecule has 2 aromatic rings. The van der Waals surface area contributed by atoms with Crippen LogP contribution in [0.25, 0.3) is 0 Å². The van der Waals surface area contributed by atoms with Crippen LogP contribution in [0.3, 0.4) is 0 Å². The van der Waals surface area contributed by atoms with Gasteiger partial charge in [0.15, 0.2) is 11.5 Å². The molecule has 122 valence electrons. The van der Waals surface area contributed by atoms with Gasteiger partial charge in [0, 0.05) is 6.42 Å². The van der Waals surface area contributed by atoms with E-state index in [-0.39, 0.29) is 28.4 Å². The molecule has 2 rings (SSSR count). The fraction of sp³-hybridized carbons (Fsp3) is 0.188. The largest absolute Gasteiger partial charge is 0.496 e. The molecule has 0 aliphatic rings. The van der Waals surface area contributed by atoms with Gasteiger partial charge in [0.1, 0.15) is 10.6 Å². The van der Waals surface area contributed by atoms with E-state index >= 15 is 0 Å². The number of para-hydroxylation sites is 1. The first kappa shape index (κ1) is 17.5. The Morgan fingerprint density at radius 1 is 1.13 bits per heavy atom. The zero-order chi connectivity index (χ0) is 17.0. The summed E-state index contributed by atoms with van der Waals surface area (Å²) in [5, 5.41) is 0. The van der Waals surface area contributed by atoms with Crippen molar-refractivity contribution in [1.29, 1.82) is 0 Å². The van der Waals surface area contributed by atoms with Crippen molar-refractivity contribution in [2.24, 2.45) is 0 Å². The Morgan fingerprint density at radius 3 is 2.43 bits per heavy atom. The van der Waals surface area contributed by atoms with Crippen molar-refractivity contribution in [3.63, 3.8) is 0 Å². The summed E-state index contributed by atoms with van der Waals surface area (Å²) >= 11 is 3.23. The molecular weight excluding hydrogens is 384 g/mol. The van der Waals surface area contributed by atoms with Crippen molar-refractivity contribution in [3.8, 4) is 11.5 Å². The molecule has 0 unspecified atom stereocenters. The number of hydrogen-bond donors (Lipinski definition) is 0. The molecule has 0 N–H and O–H groups in total. The molecule has 0 saturated heterocycles. The summed E-state index contributed by atoms with van der Waals surface area (Å²) in [6.07, 6.45) is 0.258. The monoisotopic (exact) mass is 398 g/mol. The minimum Gasteiger partial charge on any atom is -0.496 e. The smallest absolute Gasteiger partial charge is 0.339 e. The fourth-order valence-corrected chi connectivity index (χ4v) is 3.60. The van der Waals surface area contributed by atoms with Gasteiger partial charge in [0.2, 0.25) is 0 Å². The van der Waals surface area contributed by atoms with Crippen molar-refractivity contribution in [3.05, 3.63) is 52.5 Å². The first-order valence-electron chi connectivity index (χ1n) is 6.79. The molecule has 0 spiro atoms. The fourth-order valence-electron chi connectivity index (χ4n) is 1.93. The second kappa shape index (κ2) is 7.14. The van der Waals surface area contributed by atoms with Gasteiger partial charge in [-0.05, 0) is 46.3 Å². The zero-order valence-electron chi connectivity index (χ0n) is 12.6. The van der Waals surface area contributed by atoms with Gasteiger partial charge in [-0.1, -0.05) is 19.1 Å². The number of Topliss-reactive ketones (excluding diaryl/α,β-unsaturated/α-hetero) is 1. The summed E-state index contributed by atoms with van der Waals surface area (Å²) < 4.78 is 35.6. The quantitative estimate of drug-likeness (QED) is 0.546. The van der Waals surface area contributed by atoms with Crippen LogP contribution in [0, 0.1) is 0 Å². The summed E-state index contributed by atoms with van der Waals surface area (Å²) in [7, 11) is -2.58. The van der Waals surface area contributed by atoms with Gasteiger partial charge in [-0.3, -0.25) is 4.79 Å². The average Bonchev–Trinajstić information content (AvgIpc) is 2.54. The number of carbonyl (C=O) groups excluding carboxylic acids is 1. The molecule has 5 nitrogen and oxygen atoms in total. The maximum absolute atomic E-state index is 12.4. The molecule has 0 fully saturated rings. The average molecular weight is 399 g/mol. The lowest BCUT2D eigenvalue weighted by Gasteiger charge is -2.11. The van der Waals surface area contributed by atoms with Crippen LogP contribution >= 0.6 is 15.9 Å². The van der Waals surface area contributed by atoms with E-state index in [1.807, 2.05) is 0 Å². The third-order valence-electron chi connectivity index (χ3n) is 3.12. The van der Waals surface area contributed by atoms with Gasteiger partial charge in [0.05, 0.1) is 17.1 Å². The number of halogens is 1. The minimum atomic E-state index is -4.06. The lowest BCUT2D eigenvalue weighted by molar-refractivity contribution is 0.0986. The lowest BCUT2D eigenvalue weighted by Crippen LogP contribution is -2.12. The van der Waals surface area contributed by atoms with Crippen molar-refractivity contribution < 1.29 is 22.1 Å². The first-order valence-corrected chi connectivity index (χ1v) is 8.99. The molecule has 0 bridgehead atoms. The van der Waals surface area contributed by atoms with Crippen LogP contribution in [0.1, 0.15) is 23.7 Å². The van der Waals surface area contributed by atoms with E-state index in [1.54, 1.807) is 25.1 Å². The molecule has 7 heteroatoms. The Morgan fingerprint density at radius 2 is 1.83 bits per heavy atom. The molecule has 0 amide bonds. The molecule has 0 aromatic heterocycles. The van der Waals surface area contributed by atoms with Gasteiger partial charge in [-0.2, -0.15) is 8.42 Å². The summed E-state index contributed by atoms with van der Waals surface area (Å²) in [6.45, 7) is 1.70. The predicted octanol–water partition coefficient (Wildman–Crippen LogP) is 3.82. The van der Waals surface area contributed by atoms with E-state index in [1.165, 1.54) is 31.4 Å². The second-order valence-electron chi connectivity index (χ2n) is 4.61. The molecule has 0 aliphatic carbocycles. The molecule has 0 radical (unpaired) electrons. The van der Waals surface area contributed by atoms with Crippen LogP contribution in [0.5, 0.6) is 11.5 Å². The SMILES string of the molecule is CCC(=O)c1ccccc1OS(=O)(=O)c1ccc(OC)c(Br)c1. The van der Waals surface area contributed by atoms with Crippen LogP contribution in [0.15, 0.2) is 51.8 Å². The molecule has 0 atom stereocenters. The van der Waals surface area contributed by atoms with E-state index in [9.17, 15) is 13.2 Å². The summed E-state index contributed by atoms with van der Waals surface area (Å²) in [5.74, 6) is 0.337. The Bertz CT molecular complexity index is 830.